The fourth-order valence-corrected chi connectivity index (χ4v) is 4.34. The van der Waals surface area contributed by atoms with Gasteiger partial charge < -0.3 is 30.5 Å². The molecule has 0 spiro atoms. The predicted octanol–water partition coefficient (Wildman–Crippen LogP) is 2.03. The SMILES string of the molecule is CC(OCc1ccccc1)C1CCC([C@H]2CCCN2)CC1.O=C(O)C(O)C(O)C(=O)O. The molecule has 0 bridgehead atoms. The molecule has 2 aliphatic rings. The Balaban J connectivity index is 0.000000291. The van der Waals surface area contributed by atoms with Gasteiger partial charge in [0.2, 0.25) is 0 Å². The van der Waals surface area contributed by atoms with Crippen LogP contribution in [0.25, 0.3) is 0 Å². The van der Waals surface area contributed by atoms with Gasteiger partial charge in [-0.2, -0.15) is 0 Å². The molecule has 0 radical (unpaired) electrons. The van der Waals surface area contributed by atoms with Gasteiger partial charge in [-0.3, -0.25) is 0 Å². The Kier molecular flexibility index (Phi) is 10.4. The van der Waals surface area contributed by atoms with Crippen molar-refractivity contribution in [1.29, 1.82) is 0 Å². The van der Waals surface area contributed by atoms with E-state index < -0.39 is 24.1 Å². The van der Waals surface area contributed by atoms with E-state index in [1.807, 2.05) is 0 Å². The molecule has 1 saturated heterocycles. The summed E-state index contributed by atoms with van der Waals surface area (Å²) in [5, 5.41) is 36.2. The molecule has 0 aromatic heterocycles. The van der Waals surface area contributed by atoms with Gasteiger partial charge in [0.25, 0.3) is 0 Å². The average Bonchev–Trinajstić information content (AvgIpc) is 3.32. The highest BCUT2D eigenvalue weighted by Gasteiger charge is 2.31. The number of aliphatic hydroxyl groups excluding tert-OH is 2. The number of nitrogens with one attached hydrogen (secondary N) is 1. The number of aliphatic carboxylic acids is 2. The third-order valence-electron chi connectivity index (χ3n) is 6.31. The van der Waals surface area contributed by atoms with E-state index in [9.17, 15) is 9.59 Å². The number of carboxylic acid groups (broad SMARTS) is 2. The Hall–Kier alpha value is -2.00. The zero-order valence-corrected chi connectivity index (χ0v) is 18.0. The van der Waals surface area contributed by atoms with Crippen LogP contribution in [-0.2, 0) is 20.9 Å². The van der Waals surface area contributed by atoms with Crippen molar-refractivity contribution in [2.24, 2.45) is 11.8 Å². The minimum absolute atomic E-state index is 0.391. The Morgan fingerprint density at radius 3 is 2.06 bits per heavy atom. The summed E-state index contributed by atoms with van der Waals surface area (Å²) in [6.07, 6.45) is 4.11. The van der Waals surface area contributed by atoms with Gasteiger partial charge in [-0.1, -0.05) is 30.3 Å². The van der Waals surface area contributed by atoms with Crippen LogP contribution in [0.15, 0.2) is 30.3 Å². The van der Waals surface area contributed by atoms with Crippen molar-refractivity contribution in [3.63, 3.8) is 0 Å². The third kappa shape index (κ3) is 8.22. The monoisotopic (exact) mass is 437 g/mol. The van der Waals surface area contributed by atoms with Gasteiger partial charge in [-0.05, 0) is 69.4 Å². The van der Waals surface area contributed by atoms with Crippen LogP contribution in [0.2, 0.25) is 0 Å². The Labute approximate surface area is 183 Å². The molecule has 1 aromatic carbocycles. The van der Waals surface area contributed by atoms with Crippen molar-refractivity contribution >= 4 is 11.9 Å². The molecule has 1 saturated carbocycles. The van der Waals surface area contributed by atoms with Gasteiger partial charge in [0.05, 0.1) is 12.7 Å². The maximum Gasteiger partial charge on any atom is 0.335 e. The first-order valence-electron chi connectivity index (χ1n) is 11.0. The van der Waals surface area contributed by atoms with Crippen LogP contribution in [0.4, 0.5) is 0 Å². The number of rotatable bonds is 8. The van der Waals surface area contributed by atoms with Crippen molar-refractivity contribution < 1.29 is 34.8 Å². The van der Waals surface area contributed by atoms with E-state index >= 15 is 0 Å². The van der Waals surface area contributed by atoms with Crippen LogP contribution < -0.4 is 5.32 Å². The molecule has 2 fully saturated rings. The van der Waals surface area contributed by atoms with Crippen LogP contribution >= 0.6 is 0 Å². The first-order chi connectivity index (χ1) is 14.8. The Bertz CT molecular complexity index is 652. The fraction of sp³-hybridized carbons (Fsp3) is 0.652. The molecule has 1 heterocycles. The molecule has 1 aliphatic carbocycles. The van der Waals surface area contributed by atoms with E-state index in [-0.39, 0.29) is 0 Å². The lowest BCUT2D eigenvalue weighted by Crippen LogP contribution is -2.39. The summed E-state index contributed by atoms with van der Waals surface area (Å²) in [6.45, 7) is 4.26. The van der Waals surface area contributed by atoms with Crippen LogP contribution in [0.5, 0.6) is 0 Å². The van der Waals surface area contributed by atoms with Gasteiger partial charge >= 0.3 is 11.9 Å². The first-order valence-corrected chi connectivity index (χ1v) is 11.0. The molecule has 1 aromatic rings. The normalized spacial score (nSPS) is 26.2. The minimum Gasteiger partial charge on any atom is -0.479 e. The lowest BCUT2D eigenvalue weighted by atomic mass is 9.76. The maximum absolute atomic E-state index is 9.77. The highest BCUT2D eigenvalue weighted by molar-refractivity contribution is 5.83. The molecule has 8 nitrogen and oxygen atoms in total. The first kappa shape index (κ1) is 25.3. The van der Waals surface area contributed by atoms with Gasteiger partial charge in [0, 0.05) is 6.04 Å². The van der Waals surface area contributed by atoms with Crippen molar-refractivity contribution in [3.8, 4) is 0 Å². The summed E-state index contributed by atoms with van der Waals surface area (Å²) in [5.74, 6) is -1.86. The summed E-state index contributed by atoms with van der Waals surface area (Å²) in [4.78, 5) is 19.5. The van der Waals surface area contributed by atoms with E-state index in [2.05, 4.69) is 42.6 Å². The second kappa shape index (κ2) is 12.8. The topological polar surface area (TPSA) is 136 Å². The standard InChI is InChI=1S/C19H29NO.C4H6O6/c1-15(21-14-16-6-3-2-4-7-16)17-9-11-18(12-10-17)19-8-5-13-20-19;5-1(3(7)8)2(6)4(9)10/h2-4,6-7,15,17-20H,5,8-14H2,1H3;1-2,5-6H,(H,7,8)(H,9,10)/t15?,17?,18?,19-;/m1./s1. The number of hydrogen-bond donors (Lipinski definition) is 5. The van der Waals surface area contributed by atoms with Crippen LogP contribution in [0.1, 0.15) is 51.0 Å². The molecule has 3 unspecified atom stereocenters. The molecular formula is C23H35NO7. The van der Waals surface area contributed by atoms with E-state index in [0.717, 1.165) is 24.5 Å². The molecule has 8 heteroatoms. The molecule has 1 aliphatic heterocycles. The maximum atomic E-state index is 9.77. The highest BCUT2D eigenvalue weighted by atomic mass is 16.5. The minimum atomic E-state index is -2.27. The Morgan fingerprint density at radius 1 is 1.00 bits per heavy atom. The summed E-state index contributed by atoms with van der Waals surface area (Å²) in [6, 6.07) is 11.3. The molecule has 174 valence electrons. The quantitative estimate of drug-likeness (QED) is 0.417. The Morgan fingerprint density at radius 2 is 1.58 bits per heavy atom. The predicted molar refractivity (Wildman–Crippen MR) is 114 cm³/mol. The lowest BCUT2D eigenvalue weighted by molar-refractivity contribution is -0.165. The van der Waals surface area contributed by atoms with Gasteiger partial charge in [0.1, 0.15) is 0 Å². The molecular weight excluding hydrogens is 402 g/mol. The van der Waals surface area contributed by atoms with E-state index in [1.165, 1.54) is 50.6 Å². The van der Waals surface area contributed by atoms with Crippen molar-refractivity contribution in [2.75, 3.05) is 6.54 Å². The molecule has 0 amide bonds. The largest absolute Gasteiger partial charge is 0.479 e. The van der Waals surface area contributed by atoms with Gasteiger partial charge in [0.15, 0.2) is 12.2 Å². The third-order valence-corrected chi connectivity index (χ3v) is 6.31. The van der Waals surface area contributed by atoms with Crippen LogP contribution in [0, 0.1) is 11.8 Å². The second-order valence-electron chi connectivity index (χ2n) is 8.45. The smallest absolute Gasteiger partial charge is 0.335 e. The molecule has 5 N–H and O–H groups in total. The van der Waals surface area contributed by atoms with E-state index in [0.29, 0.717) is 6.10 Å². The summed E-state index contributed by atoms with van der Waals surface area (Å²) >= 11 is 0. The van der Waals surface area contributed by atoms with Crippen molar-refractivity contribution in [3.05, 3.63) is 35.9 Å². The molecule has 31 heavy (non-hydrogen) atoms. The molecule has 3 rings (SSSR count). The summed E-state index contributed by atoms with van der Waals surface area (Å²) in [5.41, 5.74) is 1.29. The highest BCUT2D eigenvalue weighted by Crippen LogP contribution is 2.35. The second-order valence-corrected chi connectivity index (χ2v) is 8.45. The van der Waals surface area contributed by atoms with E-state index in [1.54, 1.807) is 0 Å². The number of carbonyl (C=O) groups is 2. The fourth-order valence-electron chi connectivity index (χ4n) is 4.34. The van der Waals surface area contributed by atoms with E-state index in [4.69, 9.17) is 25.2 Å². The number of carboxylic acids is 2. The lowest BCUT2D eigenvalue weighted by Gasteiger charge is -2.35. The van der Waals surface area contributed by atoms with Gasteiger partial charge in [-0.15, -0.1) is 0 Å². The van der Waals surface area contributed by atoms with Gasteiger partial charge in [-0.25, -0.2) is 9.59 Å². The number of hydrogen-bond acceptors (Lipinski definition) is 6. The zero-order valence-electron chi connectivity index (χ0n) is 18.0. The number of benzene rings is 1. The zero-order chi connectivity index (χ0) is 22.8. The average molecular weight is 438 g/mol. The van der Waals surface area contributed by atoms with Crippen LogP contribution in [0.3, 0.4) is 0 Å². The molecule has 4 atom stereocenters. The van der Waals surface area contributed by atoms with Crippen molar-refractivity contribution in [1.82, 2.24) is 5.32 Å². The number of aliphatic hydroxyl groups is 2. The summed E-state index contributed by atoms with van der Waals surface area (Å²) < 4.78 is 6.11. The summed E-state index contributed by atoms with van der Waals surface area (Å²) in [7, 11) is 0. The number of ether oxygens (including phenoxy) is 1. The van der Waals surface area contributed by atoms with Crippen molar-refractivity contribution in [2.45, 2.75) is 76.4 Å². The van der Waals surface area contributed by atoms with Crippen LogP contribution in [-0.4, -0.2) is 63.3 Å².